The van der Waals surface area contributed by atoms with Crippen LogP contribution in [0, 0.1) is 0 Å². The molecule has 8 radical (unpaired) electrons. The van der Waals surface area contributed by atoms with Crippen LogP contribution in [0.15, 0.2) is 60.7 Å². The van der Waals surface area contributed by atoms with E-state index >= 15 is 0 Å². The maximum Gasteiger partial charge on any atom is 0.118 e. The quantitative estimate of drug-likeness (QED) is 0.414. The van der Waals surface area contributed by atoms with E-state index in [2.05, 4.69) is 41.9 Å². The number of para-hydroxylation sites is 2. The van der Waals surface area contributed by atoms with E-state index in [-0.39, 0.29) is 27.6 Å². The molecule has 0 bridgehead atoms. The summed E-state index contributed by atoms with van der Waals surface area (Å²) in [6.45, 7) is 0. The molecule has 6 aromatic rings. The lowest BCUT2D eigenvalue weighted by atomic mass is 9.68. The highest BCUT2D eigenvalue weighted by atomic mass is 16.3. The molecule has 1 N–H and O–H groups in total. The van der Waals surface area contributed by atoms with E-state index < -0.39 is 0 Å². The van der Waals surface area contributed by atoms with Crippen LogP contribution in [0.3, 0.4) is 0 Å². The van der Waals surface area contributed by atoms with Crippen molar-refractivity contribution in [2.75, 3.05) is 0 Å². The Morgan fingerprint density at radius 2 is 1.09 bits per heavy atom. The summed E-state index contributed by atoms with van der Waals surface area (Å²) in [5, 5.41) is 14.7. The Morgan fingerprint density at radius 1 is 0.594 bits per heavy atom. The van der Waals surface area contributed by atoms with Crippen LogP contribution in [-0.4, -0.2) is 45.6 Å². The van der Waals surface area contributed by atoms with Crippen molar-refractivity contribution in [2.45, 2.75) is 0 Å². The van der Waals surface area contributed by atoms with Gasteiger partial charge in [-0.25, -0.2) is 0 Å². The smallest absolute Gasteiger partial charge is 0.118 e. The standard InChI is InChI=1S/C25H14B4N2O/c1-30-16-8-4-2-6-12(16)14-10-11-15-13-7-3-5-9-17(13)31(23(15)22(14)30)24-18(26)20(28)25(32)21(29)19(24)27/h2-11,32H,1H3. The summed E-state index contributed by atoms with van der Waals surface area (Å²) in [5.74, 6) is -0.292. The summed E-state index contributed by atoms with van der Waals surface area (Å²) in [6.07, 6.45) is 0. The van der Waals surface area contributed by atoms with Gasteiger partial charge < -0.3 is 14.2 Å². The third kappa shape index (κ3) is 2.26. The van der Waals surface area contributed by atoms with Crippen molar-refractivity contribution in [3.63, 3.8) is 0 Å². The fourth-order valence-corrected chi connectivity index (χ4v) is 4.98. The summed E-state index contributed by atoms with van der Waals surface area (Å²) in [6, 6.07) is 20.6. The van der Waals surface area contributed by atoms with Crippen molar-refractivity contribution < 1.29 is 5.11 Å². The summed E-state index contributed by atoms with van der Waals surface area (Å²) >= 11 is 0. The first kappa shape index (κ1) is 19.2. The minimum atomic E-state index is -0.292. The number of hydrogen-bond acceptors (Lipinski definition) is 1. The van der Waals surface area contributed by atoms with Crippen molar-refractivity contribution in [2.24, 2.45) is 7.05 Å². The molecule has 0 unspecified atom stereocenters. The van der Waals surface area contributed by atoms with E-state index in [1.165, 1.54) is 0 Å². The predicted octanol–water partition coefficient (Wildman–Crippen LogP) is 1.31. The highest BCUT2D eigenvalue weighted by Gasteiger charge is 2.22. The number of fused-ring (bicyclic) bond motifs is 7. The van der Waals surface area contributed by atoms with Crippen molar-refractivity contribution >= 4 is 96.8 Å². The van der Waals surface area contributed by atoms with E-state index in [9.17, 15) is 5.11 Å². The van der Waals surface area contributed by atoms with Gasteiger partial charge >= 0.3 is 0 Å². The van der Waals surface area contributed by atoms with Crippen LogP contribution in [0.1, 0.15) is 0 Å². The van der Waals surface area contributed by atoms with Crippen LogP contribution in [0.4, 0.5) is 0 Å². The zero-order valence-electron chi connectivity index (χ0n) is 17.4. The minimum absolute atomic E-state index is 0.0156. The first-order chi connectivity index (χ1) is 15.4. The number of aromatic nitrogens is 2. The number of aromatic hydroxyl groups is 1. The second kappa shape index (κ2) is 6.52. The van der Waals surface area contributed by atoms with E-state index in [1.807, 2.05) is 34.9 Å². The number of phenolic OH excluding ortho intramolecular Hbond substituents is 1. The number of hydrogen-bond donors (Lipinski definition) is 1. The van der Waals surface area contributed by atoms with Crippen molar-refractivity contribution in [1.29, 1.82) is 0 Å². The van der Waals surface area contributed by atoms with Gasteiger partial charge in [-0.15, -0.1) is 0 Å². The molecule has 0 saturated heterocycles. The molecular formula is C25H14B4N2O. The average molecular weight is 402 g/mol. The van der Waals surface area contributed by atoms with E-state index in [4.69, 9.17) is 31.4 Å². The van der Waals surface area contributed by atoms with Gasteiger partial charge in [-0.2, -0.15) is 0 Å². The van der Waals surface area contributed by atoms with Crippen LogP contribution in [0.25, 0.3) is 49.3 Å². The van der Waals surface area contributed by atoms with Gasteiger partial charge in [0, 0.05) is 39.8 Å². The van der Waals surface area contributed by atoms with Crippen LogP contribution in [0.5, 0.6) is 5.75 Å². The fourth-order valence-electron chi connectivity index (χ4n) is 4.98. The van der Waals surface area contributed by atoms with E-state index in [0.29, 0.717) is 5.69 Å². The Morgan fingerprint density at radius 3 is 1.72 bits per heavy atom. The normalized spacial score (nSPS) is 11.9. The van der Waals surface area contributed by atoms with Crippen LogP contribution >= 0.6 is 0 Å². The van der Waals surface area contributed by atoms with E-state index in [1.54, 1.807) is 0 Å². The van der Waals surface area contributed by atoms with Crippen LogP contribution in [-0.2, 0) is 7.05 Å². The average Bonchev–Trinajstić information content (AvgIpc) is 3.30. The minimum Gasteiger partial charge on any atom is -0.509 e. The Labute approximate surface area is 190 Å². The summed E-state index contributed by atoms with van der Waals surface area (Å²) in [4.78, 5) is 0. The third-order valence-corrected chi connectivity index (χ3v) is 6.53. The molecule has 7 heteroatoms. The fraction of sp³-hybridized carbons (Fsp3) is 0.0400. The number of rotatable bonds is 1. The molecule has 0 amide bonds. The van der Waals surface area contributed by atoms with Gasteiger partial charge in [0.15, 0.2) is 0 Å². The van der Waals surface area contributed by atoms with Gasteiger partial charge in [0.2, 0.25) is 0 Å². The summed E-state index contributed by atoms with van der Waals surface area (Å²) < 4.78 is 4.20. The SMILES string of the molecule is [B]c1c([B])c(-n2c3ccccc3c3ccc4c5ccccc5n(C)c4c32)c([B])c([B])c1O. The Kier molecular flexibility index (Phi) is 3.92. The maximum absolute atomic E-state index is 10.3. The second-order valence-electron chi connectivity index (χ2n) is 8.14. The molecule has 0 atom stereocenters. The largest absolute Gasteiger partial charge is 0.509 e. The molecule has 0 aliphatic rings. The molecule has 32 heavy (non-hydrogen) atoms. The molecule has 4 aromatic carbocycles. The first-order valence-corrected chi connectivity index (χ1v) is 10.3. The highest BCUT2D eigenvalue weighted by molar-refractivity contribution is 6.60. The van der Waals surface area contributed by atoms with Gasteiger partial charge in [0.1, 0.15) is 31.4 Å². The molecule has 2 heterocycles. The number of benzene rings is 4. The Hall–Kier alpha value is -3.46. The van der Waals surface area contributed by atoms with Gasteiger partial charge in [-0.05, 0) is 12.1 Å². The van der Waals surface area contributed by atoms with Gasteiger partial charge in [-0.3, -0.25) is 0 Å². The number of aryl methyl sites for hydroxylation is 1. The van der Waals surface area contributed by atoms with E-state index in [0.717, 1.165) is 43.6 Å². The topological polar surface area (TPSA) is 30.1 Å². The van der Waals surface area contributed by atoms with Gasteiger partial charge in [-0.1, -0.05) is 70.4 Å². The molecule has 0 spiro atoms. The Bertz CT molecular complexity index is 1720. The first-order valence-electron chi connectivity index (χ1n) is 10.3. The van der Waals surface area contributed by atoms with Gasteiger partial charge in [0.25, 0.3) is 0 Å². The van der Waals surface area contributed by atoms with Crippen molar-refractivity contribution in [3.05, 3.63) is 60.7 Å². The molecular weight excluding hydrogens is 388 g/mol. The van der Waals surface area contributed by atoms with Crippen molar-refractivity contribution in [3.8, 4) is 11.4 Å². The van der Waals surface area contributed by atoms with Crippen LogP contribution < -0.4 is 21.9 Å². The lowest BCUT2D eigenvalue weighted by Gasteiger charge is -2.22. The number of nitrogens with zero attached hydrogens (tertiary/aromatic N) is 2. The summed E-state index contributed by atoms with van der Waals surface area (Å²) in [7, 11) is 27.2. The molecule has 0 aliphatic heterocycles. The lowest BCUT2D eigenvalue weighted by Crippen LogP contribution is -2.44. The molecule has 2 aromatic heterocycles. The molecule has 3 nitrogen and oxygen atoms in total. The molecule has 0 fully saturated rings. The second-order valence-corrected chi connectivity index (χ2v) is 8.14. The number of phenols is 1. The Balaban J connectivity index is 1.95. The highest BCUT2D eigenvalue weighted by Crippen LogP contribution is 2.39. The van der Waals surface area contributed by atoms with Crippen molar-refractivity contribution in [1.82, 2.24) is 9.13 Å². The maximum atomic E-state index is 10.3. The third-order valence-electron chi connectivity index (χ3n) is 6.53. The van der Waals surface area contributed by atoms with Gasteiger partial charge in [0.05, 0.1) is 22.3 Å². The predicted molar refractivity (Wildman–Crippen MR) is 138 cm³/mol. The monoisotopic (exact) mass is 402 g/mol. The van der Waals surface area contributed by atoms with Crippen LogP contribution in [0.2, 0.25) is 0 Å². The summed E-state index contributed by atoms with van der Waals surface area (Å²) in [5.41, 5.74) is 4.92. The zero-order chi connectivity index (χ0) is 22.3. The molecule has 0 aliphatic carbocycles. The zero-order valence-corrected chi connectivity index (χ0v) is 17.4. The molecule has 0 saturated carbocycles. The molecule has 6 rings (SSSR count). The lowest BCUT2D eigenvalue weighted by molar-refractivity contribution is 0.484. The molecule has 142 valence electrons.